The van der Waals surface area contributed by atoms with E-state index in [2.05, 4.69) is 17.6 Å². The Morgan fingerprint density at radius 1 is 1.44 bits per heavy atom. The van der Waals surface area contributed by atoms with Crippen LogP contribution in [0.25, 0.3) is 0 Å². The van der Waals surface area contributed by atoms with E-state index in [0.717, 1.165) is 12.1 Å². The van der Waals surface area contributed by atoms with Gasteiger partial charge >= 0.3 is 0 Å². The first-order chi connectivity index (χ1) is 8.19. The predicted octanol–water partition coefficient (Wildman–Crippen LogP) is 1.33. The molecule has 0 saturated carbocycles. The number of hydrogen-bond donors (Lipinski definition) is 3. The maximum absolute atomic E-state index is 11.8. The van der Waals surface area contributed by atoms with Crippen LogP contribution < -0.4 is 10.6 Å². The first kappa shape index (κ1) is 15.0. The number of nitrogens with one attached hydrogen (secondary N) is 2. The van der Waals surface area contributed by atoms with Gasteiger partial charge in [-0.1, -0.05) is 19.1 Å². The van der Waals surface area contributed by atoms with Crippen LogP contribution in [0.3, 0.4) is 0 Å². The Kier molecular flexibility index (Phi) is 5.59. The number of aliphatic hydroxyl groups excluding tert-OH is 1. The molecule has 0 radical (unpaired) electrons. The molecule has 2 atom stereocenters. The van der Waals surface area contributed by atoms with E-state index in [1.807, 2.05) is 24.3 Å². The Balaban J connectivity index is 0.00000162. The van der Waals surface area contributed by atoms with Gasteiger partial charge in [0.15, 0.2) is 0 Å². The van der Waals surface area contributed by atoms with Gasteiger partial charge in [-0.25, -0.2) is 0 Å². The highest BCUT2D eigenvalue weighted by Gasteiger charge is 2.27. The molecule has 1 aromatic rings. The molecule has 3 N–H and O–H groups in total. The van der Waals surface area contributed by atoms with E-state index in [9.17, 15) is 9.90 Å². The van der Waals surface area contributed by atoms with Crippen LogP contribution in [0.15, 0.2) is 24.3 Å². The first-order valence-electron chi connectivity index (χ1n) is 6.00. The standard InChI is InChI=1S/C13H18N2O2.ClH/c1-2-9-3-5-10(6-4-9)15-13(17)12-7-11(16)8-14-12;/h3-6,11-12,14,16H,2,7-8H2,1H3,(H,15,17);1H. The molecule has 2 rings (SSSR count). The van der Waals surface area contributed by atoms with E-state index < -0.39 is 6.10 Å². The van der Waals surface area contributed by atoms with Crippen LogP contribution in [-0.2, 0) is 11.2 Å². The molecule has 5 heteroatoms. The number of hydrogen-bond acceptors (Lipinski definition) is 3. The summed E-state index contributed by atoms with van der Waals surface area (Å²) in [7, 11) is 0. The van der Waals surface area contributed by atoms with Gasteiger partial charge in [0.1, 0.15) is 0 Å². The summed E-state index contributed by atoms with van der Waals surface area (Å²) in [5, 5.41) is 15.2. The Morgan fingerprint density at radius 3 is 2.61 bits per heavy atom. The minimum Gasteiger partial charge on any atom is -0.392 e. The summed E-state index contributed by atoms with van der Waals surface area (Å²) in [6.45, 7) is 2.59. The molecule has 1 heterocycles. The average molecular weight is 271 g/mol. The number of carbonyl (C=O) groups is 1. The summed E-state index contributed by atoms with van der Waals surface area (Å²) in [5.41, 5.74) is 2.05. The molecular weight excluding hydrogens is 252 g/mol. The van der Waals surface area contributed by atoms with Crippen molar-refractivity contribution in [1.82, 2.24) is 5.32 Å². The Bertz CT molecular complexity index is 394. The molecule has 2 unspecified atom stereocenters. The Hall–Kier alpha value is -1.10. The molecule has 1 aliphatic heterocycles. The van der Waals surface area contributed by atoms with E-state index >= 15 is 0 Å². The largest absolute Gasteiger partial charge is 0.392 e. The maximum Gasteiger partial charge on any atom is 0.241 e. The normalized spacial score (nSPS) is 22.3. The van der Waals surface area contributed by atoms with E-state index in [-0.39, 0.29) is 24.4 Å². The number of β-amino-alcohol motifs (C(OH)–C–C–N with tert-alkyl or cyclic N) is 1. The smallest absolute Gasteiger partial charge is 0.241 e. The molecular formula is C13H19ClN2O2. The highest BCUT2D eigenvalue weighted by atomic mass is 35.5. The fourth-order valence-corrected chi connectivity index (χ4v) is 1.97. The van der Waals surface area contributed by atoms with Gasteiger partial charge in [-0.3, -0.25) is 4.79 Å². The fourth-order valence-electron chi connectivity index (χ4n) is 1.97. The zero-order chi connectivity index (χ0) is 12.3. The van der Waals surface area contributed by atoms with Crippen molar-refractivity contribution in [3.8, 4) is 0 Å². The lowest BCUT2D eigenvalue weighted by Crippen LogP contribution is -2.35. The van der Waals surface area contributed by atoms with Crippen LogP contribution in [0.1, 0.15) is 18.9 Å². The third kappa shape index (κ3) is 3.70. The number of benzene rings is 1. The minimum atomic E-state index is -0.409. The predicted molar refractivity (Wildman–Crippen MR) is 74.1 cm³/mol. The van der Waals surface area contributed by atoms with Gasteiger partial charge in [-0.15, -0.1) is 12.4 Å². The summed E-state index contributed by atoms with van der Waals surface area (Å²) < 4.78 is 0. The van der Waals surface area contributed by atoms with Crippen molar-refractivity contribution in [2.75, 3.05) is 11.9 Å². The number of aryl methyl sites for hydroxylation is 1. The lowest BCUT2D eigenvalue weighted by atomic mass is 10.1. The van der Waals surface area contributed by atoms with Crippen LogP contribution in [0.4, 0.5) is 5.69 Å². The molecule has 4 nitrogen and oxygen atoms in total. The van der Waals surface area contributed by atoms with Crippen molar-refractivity contribution < 1.29 is 9.90 Å². The van der Waals surface area contributed by atoms with E-state index in [0.29, 0.717) is 13.0 Å². The van der Waals surface area contributed by atoms with Crippen molar-refractivity contribution in [2.24, 2.45) is 0 Å². The minimum absolute atomic E-state index is 0. The second-order valence-electron chi connectivity index (χ2n) is 4.39. The highest BCUT2D eigenvalue weighted by molar-refractivity contribution is 5.95. The summed E-state index contributed by atoms with van der Waals surface area (Å²) in [6.07, 6.45) is 1.07. The zero-order valence-electron chi connectivity index (χ0n) is 10.3. The highest BCUT2D eigenvalue weighted by Crippen LogP contribution is 2.13. The van der Waals surface area contributed by atoms with Gasteiger partial charge in [0.05, 0.1) is 12.1 Å². The monoisotopic (exact) mass is 270 g/mol. The topological polar surface area (TPSA) is 61.4 Å². The van der Waals surface area contributed by atoms with Crippen LogP contribution >= 0.6 is 12.4 Å². The molecule has 1 saturated heterocycles. The maximum atomic E-state index is 11.8. The van der Waals surface area contributed by atoms with Crippen molar-refractivity contribution in [3.63, 3.8) is 0 Å². The van der Waals surface area contributed by atoms with E-state index in [4.69, 9.17) is 0 Å². The van der Waals surface area contributed by atoms with Crippen LogP contribution in [0, 0.1) is 0 Å². The SMILES string of the molecule is CCc1ccc(NC(=O)C2CC(O)CN2)cc1.Cl. The van der Waals surface area contributed by atoms with Crippen LogP contribution in [0.2, 0.25) is 0 Å². The van der Waals surface area contributed by atoms with E-state index in [1.165, 1.54) is 5.56 Å². The number of anilines is 1. The van der Waals surface area contributed by atoms with E-state index in [1.54, 1.807) is 0 Å². The first-order valence-corrected chi connectivity index (χ1v) is 6.00. The molecule has 100 valence electrons. The molecule has 0 bridgehead atoms. The molecule has 0 aliphatic carbocycles. The zero-order valence-corrected chi connectivity index (χ0v) is 11.2. The van der Waals surface area contributed by atoms with Gasteiger partial charge in [0.25, 0.3) is 0 Å². The Morgan fingerprint density at radius 2 is 2.11 bits per heavy atom. The second-order valence-corrected chi connectivity index (χ2v) is 4.39. The Labute approximate surface area is 113 Å². The summed E-state index contributed by atoms with van der Waals surface area (Å²) >= 11 is 0. The van der Waals surface area contributed by atoms with Gasteiger partial charge in [-0.05, 0) is 30.5 Å². The van der Waals surface area contributed by atoms with Gasteiger partial charge in [-0.2, -0.15) is 0 Å². The summed E-state index contributed by atoms with van der Waals surface area (Å²) in [6, 6.07) is 7.54. The van der Waals surface area contributed by atoms with Gasteiger partial charge in [0, 0.05) is 12.2 Å². The fraction of sp³-hybridized carbons (Fsp3) is 0.462. The quantitative estimate of drug-likeness (QED) is 0.777. The van der Waals surface area contributed by atoms with Crippen molar-refractivity contribution in [3.05, 3.63) is 29.8 Å². The van der Waals surface area contributed by atoms with Crippen molar-refractivity contribution in [1.29, 1.82) is 0 Å². The van der Waals surface area contributed by atoms with Gasteiger partial charge < -0.3 is 15.7 Å². The van der Waals surface area contributed by atoms with Crippen molar-refractivity contribution in [2.45, 2.75) is 31.9 Å². The lowest BCUT2D eigenvalue weighted by Gasteiger charge is -2.11. The van der Waals surface area contributed by atoms with Crippen LogP contribution in [-0.4, -0.2) is 29.7 Å². The summed E-state index contributed by atoms with van der Waals surface area (Å²) in [5.74, 6) is -0.0780. The molecule has 1 fully saturated rings. The molecule has 1 aromatic carbocycles. The average Bonchev–Trinajstić information content (AvgIpc) is 2.77. The third-order valence-electron chi connectivity index (χ3n) is 3.05. The summed E-state index contributed by atoms with van der Waals surface area (Å²) in [4.78, 5) is 11.8. The van der Waals surface area contributed by atoms with Crippen molar-refractivity contribution >= 4 is 24.0 Å². The lowest BCUT2D eigenvalue weighted by molar-refractivity contribution is -0.117. The molecule has 1 amide bonds. The number of amides is 1. The molecule has 0 spiro atoms. The number of rotatable bonds is 3. The third-order valence-corrected chi connectivity index (χ3v) is 3.05. The second kappa shape index (κ2) is 6.73. The molecule has 18 heavy (non-hydrogen) atoms. The molecule has 0 aromatic heterocycles. The van der Waals surface area contributed by atoms with Crippen LogP contribution in [0.5, 0.6) is 0 Å². The number of aliphatic hydroxyl groups is 1. The van der Waals surface area contributed by atoms with Gasteiger partial charge in [0.2, 0.25) is 5.91 Å². The molecule has 1 aliphatic rings. The number of halogens is 1. The number of carbonyl (C=O) groups excluding carboxylic acids is 1.